The summed E-state index contributed by atoms with van der Waals surface area (Å²) < 4.78 is 5.84. The predicted molar refractivity (Wildman–Crippen MR) is 103 cm³/mol. The number of hydrogen-bond acceptors (Lipinski definition) is 4. The molecule has 5 nitrogen and oxygen atoms in total. The summed E-state index contributed by atoms with van der Waals surface area (Å²) in [6.07, 6.45) is 0.731. The van der Waals surface area contributed by atoms with Crippen molar-refractivity contribution in [3.05, 3.63) is 46.2 Å². The maximum atomic E-state index is 12.6. The quantitative estimate of drug-likeness (QED) is 0.868. The number of hydrogen-bond donors (Lipinski definition) is 1. The molecule has 1 aliphatic heterocycles. The van der Waals surface area contributed by atoms with Crippen LogP contribution < -0.4 is 10.1 Å². The van der Waals surface area contributed by atoms with E-state index in [0.717, 1.165) is 22.5 Å². The molecular formula is C20H24N2O3S. The van der Waals surface area contributed by atoms with Gasteiger partial charge in [0.1, 0.15) is 5.75 Å². The van der Waals surface area contributed by atoms with Crippen LogP contribution in [0.2, 0.25) is 0 Å². The van der Waals surface area contributed by atoms with Gasteiger partial charge in [-0.25, -0.2) is 0 Å². The topological polar surface area (TPSA) is 58.6 Å². The van der Waals surface area contributed by atoms with Crippen LogP contribution in [0.25, 0.3) is 0 Å². The fourth-order valence-corrected chi connectivity index (χ4v) is 3.71. The molecule has 1 N–H and O–H groups in total. The van der Waals surface area contributed by atoms with Gasteiger partial charge < -0.3 is 15.0 Å². The van der Waals surface area contributed by atoms with Crippen LogP contribution in [-0.2, 0) is 22.6 Å². The molecule has 0 aliphatic carbocycles. The van der Waals surface area contributed by atoms with Crippen LogP contribution in [0.3, 0.4) is 0 Å². The smallest absolute Gasteiger partial charge is 0.263 e. The summed E-state index contributed by atoms with van der Waals surface area (Å²) in [5.74, 6) is 0.650. The molecule has 1 aromatic heterocycles. The molecule has 2 unspecified atom stereocenters. The van der Waals surface area contributed by atoms with E-state index in [2.05, 4.69) is 12.2 Å². The zero-order chi connectivity index (χ0) is 18.7. The van der Waals surface area contributed by atoms with E-state index in [4.69, 9.17) is 4.74 Å². The Kier molecular flexibility index (Phi) is 5.61. The molecule has 2 amide bonds. The number of benzene rings is 1. The Morgan fingerprint density at radius 1 is 1.42 bits per heavy atom. The minimum absolute atomic E-state index is 0.00108. The lowest BCUT2D eigenvalue weighted by molar-refractivity contribution is -0.139. The lowest BCUT2D eigenvalue weighted by Gasteiger charge is -2.28. The number of carbonyl (C=O) groups excluding carboxylic acids is 2. The van der Waals surface area contributed by atoms with Crippen molar-refractivity contribution in [1.82, 2.24) is 4.90 Å². The van der Waals surface area contributed by atoms with E-state index in [9.17, 15) is 9.59 Å². The van der Waals surface area contributed by atoms with E-state index in [1.54, 1.807) is 18.3 Å². The van der Waals surface area contributed by atoms with Gasteiger partial charge in [-0.2, -0.15) is 0 Å². The first-order valence-electron chi connectivity index (χ1n) is 8.90. The third-order valence-corrected chi connectivity index (χ3v) is 5.53. The number of nitrogens with one attached hydrogen (secondary N) is 1. The van der Waals surface area contributed by atoms with Crippen LogP contribution in [0, 0.1) is 0 Å². The zero-order valence-corrected chi connectivity index (χ0v) is 16.1. The molecule has 0 saturated heterocycles. The van der Waals surface area contributed by atoms with Gasteiger partial charge in [-0.3, -0.25) is 9.59 Å². The Morgan fingerprint density at radius 2 is 2.23 bits per heavy atom. The van der Waals surface area contributed by atoms with E-state index in [1.165, 1.54) is 0 Å². The predicted octanol–water partition coefficient (Wildman–Crippen LogP) is 3.84. The fraction of sp³-hybridized carbons (Fsp3) is 0.400. The molecule has 1 aliphatic rings. The third kappa shape index (κ3) is 4.07. The first kappa shape index (κ1) is 18.5. The number of amides is 2. The Bertz CT molecular complexity index is 788. The minimum Gasteiger partial charge on any atom is -0.481 e. The zero-order valence-electron chi connectivity index (χ0n) is 15.3. The van der Waals surface area contributed by atoms with Gasteiger partial charge in [0.25, 0.3) is 5.91 Å². The lowest BCUT2D eigenvalue weighted by Crippen LogP contribution is -2.42. The molecular weight excluding hydrogens is 348 g/mol. The van der Waals surface area contributed by atoms with Crippen LogP contribution >= 0.6 is 11.3 Å². The van der Waals surface area contributed by atoms with Crippen molar-refractivity contribution in [3.8, 4) is 5.75 Å². The number of anilines is 1. The van der Waals surface area contributed by atoms with Crippen molar-refractivity contribution in [3.63, 3.8) is 0 Å². The molecule has 2 aromatic rings. The van der Waals surface area contributed by atoms with Crippen molar-refractivity contribution >= 4 is 28.8 Å². The van der Waals surface area contributed by atoms with Gasteiger partial charge in [-0.1, -0.05) is 13.0 Å². The molecule has 0 bridgehead atoms. The number of fused-ring (bicyclic) bond motifs is 1. The van der Waals surface area contributed by atoms with Crippen molar-refractivity contribution in [2.45, 2.75) is 52.3 Å². The standard InChI is InChI=1S/C20H24N2O3S/c1-4-13(2)22-12-15-10-16(7-8-18(15)25-14(3)20(22)24)21-19(23)11-17-6-5-9-26-17/h5-10,13-14H,4,11-12H2,1-3H3,(H,21,23). The largest absolute Gasteiger partial charge is 0.481 e. The Morgan fingerprint density at radius 3 is 2.92 bits per heavy atom. The van der Waals surface area contributed by atoms with E-state index < -0.39 is 6.10 Å². The first-order valence-corrected chi connectivity index (χ1v) is 9.78. The van der Waals surface area contributed by atoms with E-state index in [-0.39, 0.29) is 17.9 Å². The highest BCUT2D eigenvalue weighted by atomic mass is 32.1. The lowest BCUT2D eigenvalue weighted by atomic mass is 10.1. The number of ether oxygens (including phenoxy) is 1. The monoisotopic (exact) mass is 372 g/mol. The van der Waals surface area contributed by atoms with Crippen LogP contribution in [0.5, 0.6) is 5.75 Å². The summed E-state index contributed by atoms with van der Waals surface area (Å²) in [4.78, 5) is 27.7. The molecule has 26 heavy (non-hydrogen) atoms. The van der Waals surface area contributed by atoms with Crippen LogP contribution in [0.4, 0.5) is 5.69 Å². The highest BCUT2D eigenvalue weighted by Crippen LogP contribution is 2.30. The number of nitrogens with zero attached hydrogens (tertiary/aromatic N) is 1. The molecule has 0 spiro atoms. The summed E-state index contributed by atoms with van der Waals surface area (Å²) >= 11 is 1.57. The number of rotatable bonds is 5. The normalized spacial score (nSPS) is 17.9. The molecule has 0 fully saturated rings. The summed E-state index contributed by atoms with van der Waals surface area (Å²) in [7, 11) is 0. The summed E-state index contributed by atoms with van der Waals surface area (Å²) in [6.45, 7) is 6.38. The molecule has 0 saturated carbocycles. The van der Waals surface area contributed by atoms with Crippen LogP contribution in [0.1, 0.15) is 37.6 Å². The van der Waals surface area contributed by atoms with E-state index >= 15 is 0 Å². The Labute approximate surface area is 158 Å². The van der Waals surface area contributed by atoms with Gasteiger partial charge in [-0.05, 0) is 49.9 Å². The average molecular weight is 372 g/mol. The molecule has 2 heterocycles. The molecule has 1 aromatic carbocycles. The van der Waals surface area contributed by atoms with Gasteiger partial charge in [0.15, 0.2) is 6.10 Å². The fourth-order valence-electron chi connectivity index (χ4n) is 3.00. The molecule has 2 atom stereocenters. The highest BCUT2D eigenvalue weighted by Gasteiger charge is 2.30. The summed E-state index contributed by atoms with van der Waals surface area (Å²) in [5.41, 5.74) is 1.64. The van der Waals surface area contributed by atoms with Crippen molar-refractivity contribution < 1.29 is 14.3 Å². The second-order valence-electron chi connectivity index (χ2n) is 6.61. The molecule has 0 radical (unpaired) electrons. The first-order chi connectivity index (χ1) is 12.5. The molecule has 138 valence electrons. The van der Waals surface area contributed by atoms with Gasteiger partial charge in [0.2, 0.25) is 5.91 Å². The summed E-state index contributed by atoms with van der Waals surface area (Å²) in [5, 5.41) is 4.90. The van der Waals surface area contributed by atoms with E-state index in [0.29, 0.717) is 18.7 Å². The molecule has 6 heteroatoms. The van der Waals surface area contributed by atoms with Crippen LogP contribution in [0.15, 0.2) is 35.7 Å². The third-order valence-electron chi connectivity index (χ3n) is 4.66. The Balaban J connectivity index is 1.78. The Hall–Kier alpha value is -2.34. The van der Waals surface area contributed by atoms with Crippen molar-refractivity contribution in [2.75, 3.05) is 5.32 Å². The van der Waals surface area contributed by atoms with Gasteiger partial charge >= 0.3 is 0 Å². The minimum atomic E-state index is -0.510. The van der Waals surface area contributed by atoms with Crippen molar-refractivity contribution in [2.24, 2.45) is 0 Å². The maximum Gasteiger partial charge on any atom is 0.263 e. The van der Waals surface area contributed by atoms with Gasteiger partial charge in [0, 0.05) is 28.7 Å². The van der Waals surface area contributed by atoms with Gasteiger partial charge in [-0.15, -0.1) is 11.3 Å². The van der Waals surface area contributed by atoms with Crippen molar-refractivity contribution in [1.29, 1.82) is 0 Å². The second-order valence-corrected chi connectivity index (χ2v) is 7.64. The highest BCUT2D eigenvalue weighted by molar-refractivity contribution is 7.10. The molecule has 3 rings (SSSR count). The summed E-state index contributed by atoms with van der Waals surface area (Å²) in [6, 6.07) is 9.58. The van der Waals surface area contributed by atoms with Crippen LogP contribution in [-0.4, -0.2) is 28.9 Å². The maximum absolute atomic E-state index is 12.6. The number of thiophene rings is 1. The number of carbonyl (C=O) groups is 2. The van der Waals surface area contributed by atoms with Gasteiger partial charge in [0.05, 0.1) is 6.42 Å². The average Bonchev–Trinajstić information content (AvgIpc) is 3.08. The SMILES string of the molecule is CCC(C)N1Cc2cc(NC(=O)Cc3cccs3)ccc2OC(C)C1=O. The van der Waals surface area contributed by atoms with E-state index in [1.807, 2.05) is 47.5 Å². The second kappa shape index (κ2) is 7.91.